The second-order valence-electron chi connectivity index (χ2n) is 5.93. The summed E-state index contributed by atoms with van der Waals surface area (Å²) in [6.07, 6.45) is 0. The SMILES string of the molecule is Cc1ccccc1-c1nnc(SCC(=O)N[C@H](C)c2ccc(F)cc2F)o1. The summed E-state index contributed by atoms with van der Waals surface area (Å²) in [6.45, 7) is 3.57. The van der Waals surface area contributed by atoms with Crippen LogP contribution in [0.3, 0.4) is 0 Å². The lowest BCUT2D eigenvalue weighted by Gasteiger charge is -2.14. The van der Waals surface area contributed by atoms with Gasteiger partial charge in [0.05, 0.1) is 11.8 Å². The highest BCUT2D eigenvalue weighted by Gasteiger charge is 2.16. The Kier molecular flexibility index (Phi) is 5.85. The molecule has 8 heteroatoms. The maximum absolute atomic E-state index is 13.8. The molecule has 0 saturated heterocycles. The lowest BCUT2D eigenvalue weighted by Crippen LogP contribution is -2.28. The number of halogens is 2. The number of hydrogen-bond acceptors (Lipinski definition) is 5. The van der Waals surface area contributed by atoms with Gasteiger partial charge in [0, 0.05) is 17.2 Å². The van der Waals surface area contributed by atoms with Gasteiger partial charge < -0.3 is 9.73 Å². The summed E-state index contributed by atoms with van der Waals surface area (Å²) in [6, 6.07) is 10.3. The Hall–Kier alpha value is -2.74. The normalized spacial score (nSPS) is 12.0. The van der Waals surface area contributed by atoms with Crippen molar-refractivity contribution in [2.45, 2.75) is 25.1 Å². The Morgan fingerprint density at radius 2 is 2.00 bits per heavy atom. The number of hydrogen-bond donors (Lipinski definition) is 1. The highest BCUT2D eigenvalue weighted by atomic mass is 32.2. The number of carbonyl (C=O) groups is 1. The van der Waals surface area contributed by atoms with Crippen molar-refractivity contribution in [3.8, 4) is 11.5 Å². The van der Waals surface area contributed by atoms with Crippen LogP contribution in [0.25, 0.3) is 11.5 Å². The fourth-order valence-electron chi connectivity index (χ4n) is 2.53. The van der Waals surface area contributed by atoms with Gasteiger partial charge in [0.1, 0.15) is 11.6 Å². The number of nitrogens with one attached hydrogen (secondary N) is 1. The number of nitrogens with zero attached hydrogens (tertiary/aromatic N) is 2. The zero-order valence-electron chi connectivity index (χ0n) is 14.7. The molecule has 3 aromatic rings. The molecule has 0 saturated carbocycles. The monoisotopic (exact) mass is 389 g/mol. The largest absolute Gasteiger partial charge is 0.411 e. The minimum absolute atomic E-state index is 0.0303. The fourth-order valence-corrected chi connectivity index (χ4v) is 3.10. The molecule has 0 fully saturated rings. The van der Waals surface area contributed by atoms with Crippen molar-refractivity contribution in [1.29, 1.82) is 0 Å². The van der Waals surface area contributed by atoms with E-state index < -0.39 is 17.7 Å². The summed E-state index contributed by atoms with van der Waals surface area (Å²) in [4.78, 5) is 12.1. The molecular weight excluding hydrogens is 372 g/mol. The number of benzene rings is 2. The summed E-state index contributed by atoms with van der Waals surface area (Å²) >= 11 is 1.09. The van der Waals surface area contributed by atoms with E-state index in [2.05, 4.69) is 15.5 Å². The van der Waals surface area contributed by atoms with Crippen molar-refractivity contribution >= 4 is 17.7 Å². The third kappa shape index (κ3) is 4.71. The minimum atomic E-state index is -0.699. The van der Waals surface area contributed by atoms with Crippen molar-refractivity contribution in [1.82, 2.24) is 15.5 Å². The molecule has 5 nitrogen and oxygen atoms in total. The summed E-state index contributed by atoms with van der Waals surface area (Å²) in [7, 11) is 0. The van der Waals surface area contributed by atoms with Crippen molar-refractivity contribution in [2.75, 3.05) is 5.75 Å². The average molecular weight is 389 g/mol. The number of carbonyl (C=O) groups excluding carboxylic acids is 1. The molecule has 0 radical (unpaired) electrons. The Morgan fingerprint density at radius 3 is 2.74 bits per heavy atom. The van der Waals surface area contributed by atoms with Crippen LogP contribution in [0.5, 0.6) is 0 Å². The molecule has 0 aliphatic carbocycles. The van der Waals surface area contributed by atoms with Crippen LogP contribution in [-0.4, -0.2) is 21.9 Å². The molecule has 0 aliphatic rings. The number of aromatic nitrogens is 2. The van der Waals surface area contributed by atoms with Crippen LogP contribution in [0.2, 0.25) is 0 Å². The molecule has 3 rings (SSSR count). The first kappa shape index (κ1) is 19.0. The fraction of sp³-hybridized carbons (Fsp3) is 0.211. The highest BCUT2D eigenvalue weighted by Crippen LogP contribution is 2.25. The summed E-state index contributed by atoms with van der Waals surface area (Å²) in [5.41, 5.74) is 2.06. The molecule has 0 bridgehead atoms. The topological polar surface area (TPSA) is 68.0 Å². The van der Waals surface area contributed by atoms with Crippen LogP contribution < -0.4 is 5.32 Å². The Labute approximate surface area is 159 Å². The molecule has 27 heavy (non-hydrogen) atoms. The van der Waals surface area contributed by atoms with E-state index in [1.165, 1.54) is 6.07 Å². The molecule has 1 N–H and O–H groups in total. The third-order valence-electron chi connectivity index (χ3n) is 3.92. The maximum atomic E-state index is 13.8. The molecular formula is C19H17F2N3O2S. The number of rotatable bonds is 6. The van der Waals surface area contributed by atoms with Gasteiger partial charge in [-0.2, -0.15) is 0 Å². The van der Waals surface area contributed by atoms with E-state index in [9.17, 15) is 13.6 Å². The maximum Gasteiger partial charge on any atom is 0.277 e. The summed E-state index contributed by atoms with van der Waals surface area (Å²) < 4.78 is 32.3. The molecule has 1 atom stereocenters. The zero-order valence-corrected chi connectivity index (χ0v) is 15.5. The Morgan fingerprint density at radius 1 is 1.22 bits per heavy atom. The van der Waals surface area contributed by atoms with Crippen molar-refractivity contribution in [3.63, 3.8) is 0 Å². The first-order chi connectivity index (χ1) is 12.9. The molecule has 1 amide bonds. The van der Waals surface area contributed by atoms with E-state index in [1.54, 1.807) is 6.92 Å². The second-order valence-corrected chi connectivity index (χ2v) is 6.86. The minimum Gasteiger partial charge on any atom is -0.411 e. The molecule has 140 valence electrons. The van der Waals surface area contributed by atoms with Crippen LogP contribution in [0.15, 0.2) is 52.1 Å². The summed E-state index contributed by atoms with van der Waals surface area (Å²) in [5, 5.41) is 10.9. The van der Waals surface area contributed by atoms with Crippen LogP contribution in [0, 0.1) is 18.6 Å². The Balaban J connectivity index is 1.57. The first-order valence-corrected chi connectivity index (χ1v) is 9.19. The molecule has 0 spiro atoms. The predicted octanol–water partition coefficient (Wildman–Crippen LogP) is 4.29. The van der Waals surface area contributed by atoms with Crippen molar-refractivity contribution < 1.29 is 18.0 Å². The quantitative estimate of drug-likeness (QED) is 0.637. The van der Waals surface area contributed by atoms with Gasteiger partial charge in [0.25, 0.3) is 5.22 Å². The second kappa shape index (κ2) is 8.30. The van der Waals surface area contributed by atoms with Crippen LogP contribution in [-0.2, 0) is 4.79 Å². The van der Waals surface area contributed by atoms with Gasteiger partial charge in [-0.15, -0.1) is 10.2 Å². The van der Waals surface area contributed by atoms with Crippen LogP contribution in [0.4, 0.5) is 8.78 Å². The van der Waals surface area contributed by atoms with Crippen LogP contribution >= 0.6 is 11.8 Å². The zero-order chi connectivity index (χ0) is 19.4. The van der Waals surface area contributed by atoms with Gasteiger partial charge in [-0.25, -0.2) is 8.78 Å². The highest BCUT2D eigenvalue weighted by molar-refractivity contribution is 7.99. The average Bonchev–Trinajstić information content (AvgIpc) is 3.09. The lowest BCUT2D eigenvalue weighted by atomic mass is 10.1. The Bertz CT molecular complexity index is 962. The number of amides is 1. The van der Waals surface area contributed by atoms with E-state index in [4.69, 9.17) is 4.42 Å². The van der Waals surface area contributed by atoms with Gasteiger partial charge in [-0.05, 0) is 31.5 Å². The van der Waals surface area contributed by atoms with Crippen molar-refractivity contribution in [3.05, 3.63) is 65.2 Å². The van der Waals surface area contributed by atoms with E-state index in [1.807, 2.05) is 31.2 Å². The van der Waals surface area contributed by atoms with Crippen molar-refractivity contribution in [2.24, 2.45) is 0 Å². The predicted molar refractivity (Wildman–Crippen MR) is 98.1 cm³/mol. The van der Waals surface area contributed by atoms with Gasteiger partial charge in [0.2, 0.25) is 11.8 Å². The molecule has 2 aromatic carbocycles. The smallest absolute Gasteiger partial charge is 0.277 e. The number of thioether (sulfide) groups is 1. The lowest BCUT2D eigenvalue weighted by molar-refractivity contribution is -0.119. The number of aryl methyl sites for hydroxylation is 1. The van der Waals surface area contributed by atoms with Gasteiger partial charge in [0.15, 0.2) is 0 Å². The van der Waals surface area contributed by atoms with E-state index in [0.29, 0.717) is 5.89 Å². The first-order valence-electron chi connectivity index (χ1n) is 8.20. The standard InChI is InChI=1S/C19H17F2N3O2S/c1-11-5-3-4-6-14(11)18-23-24-19(26-18)27-10-17(25)22-12(2)15-8-7-13(20)9-16(15)21/h3-9,12H,10H2,1-2H3,(H,22,25)/t12-/m1/s1. The van der Waals surface area contributed by atoms with E-state index in [-0.39, 0.29) is 22.4 Å². The van der Waals surface area contributed by atoms with Crippen LogP contribution in [0.1, 0.15) is 24.1 Å². The van der Waals surface area contributed by atoms with E-state index >= 15 is 0 Å². The van der Waals surface area contributed by atoms with Gasteiger partial charge >= 0.3 is 0 Å². The molecule has 1 heterocycles. The van der Waals surface area contributed by atoms with Gasteiger partial charge in [-0.1, -0.05) is 36.0 Å². The molecule has 1 aromatic heterocycles. The molecule has 0 aliphatic heterocycles. The van der Waals surface area contributed by atoms with Gasteiger partial charge in [-0.3, -0.25) is 4.79 Å². The molecule has 0 unspecified atom stereocenters. The van der Waals surface area contributed by atoms with E-state index in [0.717, 1.165) is 35.0 Å². The summed E-state index contributed by atoms with van der Waals surface area (Å²) in [5.74, 6) is -1.27. The third-order valence-corrected chi connectivity index (χ3v) is 4.73.